The Kier molecular flexibility index (Phi) is 4.02. The number of thiazole rings is 1. The lowest BCUT2D eigenvalue weighted by atomic mass is 10.1. The van der Waals surface area contributed by atoms with Gasteiger partial charge in [-0.15, -0.1) is 11.3 Å². The maximum atomic E-state index is 12.5. The van der Waals surface area contributed by atoms with Gasteiger partial charge < -0.3 is 0 Å². The van der Waals surface area contributed by atoms with E-state index in [-0.39, 0.29) is 5.91 Å². The van der Waals surface area contributed by atoms with Crippen molar-refractivity contribution in [3.8, 4) is 11.3 Å². The van der Waals surface area contributed by atoms with Gasteiger partial charge in [0.25, 0.3) is 5.91 Å². The molecule has 0 saturated heterocycles. The molecule has 4 heteroatoms. The molecule has 2 aromatic carbocycles. The second-order valence-corrected chi connectivity index (χ2v) is 5.95. The van der Waals surface area contributed by atoms with Crippen LogP contribution in [0, 0.1) is 6.92 Å². The van der Waals surface area contributed by atoms with Gasteiger partial charge in [-0.3, -0.25) is 9.69 Å². The van der Waals surface area contributed by atoms with Gasteiger partial charge in [0.2, 0.25) is 0 Å². The molecule has 22 heavy (non-hydrogen) atoms. The highest BCUT2D eigenvalue weighted by Gasteiger charge is 2.17. The molecule has 0 fully saturated rings. The molecule has 1 aromatic heterocycles. The van der Waals surface area contributed by atoms with Crippen molar-refractivity contribution < 1.29 is 4.79 Å². The second kappa shape index (κ2) is 6.12. The van der Waals surface area contributed by atoms with Crippen LogP contribution in [0.1, 0.15) is 15.9 Å². The van der Waals surface area contributed by atoms with Crippen molar-refractivity contribution in [1.29, 1.82) is 0 Å². The Labute approximate surface area is 133 Å². The van der Waals surface area contributed by atoms with Gasteiger partial charge in [0.15, 0.2) is 5.13 Å². The molecular formula is C18H16N2OS. The highest BCUT2D eigenvalue weighted by Crippen LogP contribution is 2.27. The summed E-state index contributed by atoms with van der Waals surface area (Å²) in [6.07, 6.45) is 0. The van der Waals surface area contributed by atoms with E-state index in [0.717, 1.165) is 16.8 Å². The van der Waals surface area contributed by atoms with E-state index < -0.39 is 0 Å². The smallest absolute Gasteiger partial charge is 0.259 e. The molecule has 0 aliphatic heterocycles. The standard InChI is InChI=1S/C18H16N2OS/c1-13-7-6-10-15(11-13)17(21)20(2)18-19-16(12-22-18)14-8-4-3-5-9-14/h3-12H,1-2H3. The molecule has 3 nitrogen and oxygen atoms in total. The van der Waals surface area contributed by atoms with Crippen LogP contribution in [-0.2, 0) is 0 Å². The van der Waals surface area contributed by atoms with Crippen LogP contribution < -0.4 is 4.90 Å². The highest BCUT2D eigenvalue weighted by atomic mass is 32.1. The molecule has 0 aliphatic carbocycles. The van der Waals surface area contributed by atoms with Crippen molar-refractivity contribution in [3.05, 3.63) is 71.1 Å². The largest absolute Gasteiger partial charge is 0.287 e. The fourth-order valence-electron chi connectivity index (χ4n) is 2.22. The maximum absolute atomic E-state index is 12.5. The predicted molar refractivity (Wildman–Crippen MR) is 91.5 cm³/mol. The van der Waals surface area contributed by atoms with E-state index in [9.17, 15) is 4.79 Å². The van der Waals surface area contributed by atoms with Crippen LogP contribution in [0.25, 0.3) is 11.3 Å². The summed E-state index contributed by atoms with van der Waals surface area (Å²) in [6.45, 7) is 1.98. The molecular weight excluding hydrogens is 292 g/mol. The predicted octanol–water partition coefficient (Wildman–Crippen LogP) is 4.40. The summed E-state index contributed by atoms with van der Waals surface area (Å²) < 4.78 is 0. The molecule has 0 radical (unpaired) electrons. The number of anilines is 1. The lowest BCUT2D eigenvalue weighted by Gasteiger charge is -2.14. The molecule has 1 heterocycles. The van der Waals surface area contributed by atoms with Crippen molar-refractivity contribution in [2.75, 3.05) is 11.9 Å². The van der Waals surface area contributed by atoms with Crippen LogP contribution in [0.4, 0.5) is 5.13 Å². The van der Waals surface area contributed by atoms with E-state index in [1.807, 2.05) is 66.9 Å². The number of rotatable bonds is 3. The SMILES string of the molecule is Cc1cccc(C(=O)N(C)c2nc(-c3ccccc3)cs2)c1. The van der Waals surface area contributed by atoms with Crippen molar-refractivity contribution in [1.82, 2.24) is 4.98 Å². The molecule has 0 N–H and O–H groups in total. The zero-order valence-corrected chi connectivity index (χ0v) is 13.3. The van der Waals surface area contributed by atoms with Crippen LogP contribution in [0.15, 0.2) is 60.0 Å². The van der Waals surface area contributed by atoms with Crippen LogP contribution in [0.2, 0.25) is 0 Å². The Balaban J connectivity index is 1.85. The minimum atomic E-state index is -0.0438. The minimum Gasteiger partial charge on any atom is -0.287 e. The number of aromatic nitrogens is 1. The second-order valence-electron chi connectivity index (χ2n) is 5.11. The molecule has 0 unspecified atom stereocenters. The van der Waals surface area contributed by atoms with E-state index >= 15 is 0 Å². The summed E-state index contributed by atoms with van der Waals surface area (Å²) >= 11 is 1.47. The van der Waals surface area contributed by atoms with Crippen molar-refractivity contribution in [2.45, 2.75) is 6.92 Å². The summed E-state index contributed by atoms with van der Waals surface area (Å²) in [5.41, 5.74) is 3.70. The van der Waals surface area contributed by atoms with Gasteiger partial charge in [0.05, 0.1) is 5.69 Å². The average molecular weight is 308 g/mol. The first-order valence-electron chi connectivity index (χ1n) is 7.01. The van der Waals surface area contributed by atoms with Crippen LogP contribution in [0.5, 0.6) is 0 Å². The van der Waals surface area contributed by atoms with Gasteiger partial charge in [-0.05, 0) is 19.1 Å². The van der Waals surface area contributed by atoms with E-state index in [1.165, 1.54) is 11.3 Å². The molecule has 0 aliphatic rings. The quantitative estimate of drug-likeness (QED) is 0.718. The lowest BCUT2D eigenvalue weighted by molar-refractivity contribution is 0.0993. The summed E-state index contributed by atoms with van der Waals surface area (Å²) in [5.74, 6) is -0.0438. The van der Waals surface area contributed by atoms with Gasteiger partial charge in [0.1, 0.15) is 0 Å². The first-order valence-corrected chi connectivity index (χ1v) is 7.89. The number of benzene rings is 2. The van der Waals surface area contributed by atoms with Gasteiger partial charge >= 0.3 is 0 Å². The summed E-state index contributed by atoms with van der Waals surface area (Å²) in [6, 6.07) is 17.6. The summed E-state index contributed by atoms with van der Waals surface area (Å²) in [5, 5.41) is 2.68. The summed E-state index contributed by atoms with van der Waals surface area (Å²) in [7, 11) is 1.76. The van der Waals surface area contributed by atoms with E-state index in [4.69, 9.17) is 0 Å². The first-order chi connectivity index (χ1) is 10.6. The normalized spacial score (nSPS) is 10.5. The average Bonchev–Trinajstić information content (AvgIpc) is 3.04. The molecule has 3 rings (SSSR count). The Morgan fingerprint density at radius 2 is 1.86 bits per heavy atom. The molecule has 0 bridgehead atoms. The first kappa shape index (κ1) is 14.5. The van der Waals surface area contributed by atoms with Crippen LogP contribution in [-0.4, -0.2) is 17.9 Å². The molecule has 3 aromatic rings. The third-order valence-corrected chi connectivity index (χ3v) is 4.34. The van der Waals surface area contributed by atoms with E-state index in [1.54, 1.807) is 11.9 Å². The number of amides is 1. The fraction of sp³-hybridized carbons (Fsp3) is 0.111. The number of nitrogens with zero attached hydrogens (tertiary/aromatic N) is 2. The maximum Gasteiger partial charge on any atom is 0.259 e. The number of hydrogen-bond donors (Lipinski definition) is 0. The zero-order chi connectivity index (χ0) is 15.5. The van der Waals surface area contributed by atoms with Crippen LogP contribution >= 0.6 is 11.3 Å². The number of carbonyl (C=O) groups excluding carboxylic acids is 1. The Morgan fingerprint density at radius 3 is 2.59 bits per heavy atom. The molecule has 0 spiro atoms. The van der Waals surface area contributed by atoms with Gasteiger partial charge in [-0.25, -0.2) is 4.98 Å². The third kappa shape index (κ3) is 2.92. The van der Waals surface area contributed by atoms with Gasteiger partial charge in [-0.1, -0.05) is 48.0 Å². The number of hydrogen-bond acceptors (Lipinski definition) is 3. The summed E-state index contributed by atoms with van der Waals surface area (Å²) in [4.78, 5) is 18.7. The number of carbonyl (C=O) groups is 1. The molecule has 0 saturated carbocycles. The van der Waals surface area contributed by atoms with E-state index in [0.29, 0.717) is 10.7 Å². The Hall–Kier alpha value is -2.46. The fourth-order valence-corrected chi connectivity index (χ4v) is 3.02. The molecule has 110 valence electrons. The van der Waals surface area contributed by atoms with Crippen molar-refractivity contribution in [3.63, 3.8) is 0 Å². The van der Waals surface area contributed by atoms with Crippen LogP contribution in [0.3, 0.4) is 0 Å². The zero-order valence-electron chi connectivity index (χ0n) is 12.5. The lowest BCUT2D eigenvalue weighted by Crippen LogP contribution is -2.26. The van der Waals surface area contributed by atoms with Gasteiger partial charge in [-0.2, -0.15) is 0 Å². The topological polar surface area (TPSA) is 33.2 Å². The Bertz CT molecular complexity index is 796. The Morgan fingerprint density at radius 1 is 1.09 bits per heavy atom. The highest BCUT2D eigenvalue weighted by molar-refractivity contribution is 7.14. The number of aryl methyl sites for hydroxylation is 1. The van der Waals surface area contributed by atoms with Crippen molar-refractivity contribution in [2.24, 2.45) is 0 Å². The van der Waals surface area contributed by atoms with Crippen molar-refractivity contribution >= 4 is 22.4 Å². The minimum absolute atomic E-state index is 0.0438. The monoisotopic (exact) mass is 308 g/mol. The third-order valence-electron chi connectivity index (χ3n) is 3.42. The van der Waals surface area contributed by atoms with Gasteiger partial charge in [0, 0.05) is 23.6 Å². The molecule has 1 amide bonds. The molecule has 0 atom stereocenters. The van der Waals surface area contributed by atoms with E-state index in [2.05, 4.69) is 4.98 Å².